The summed E-state index contributed by atoms with van der Waals surface area (Å²) in [7, 11) is 1.68. The minimum atomic E-state index is -0.141. The number of anilines is 1. The number of halogens is 2. The molecule has 28 heavy (non-hydrogen) atoms. The molecule has 0 saturated carbocycles. The van der Waals surface area contributed by atoms with Gasteiger partial charge in [0.15, 0.2) is 6.04 Å². The van der Waals surface area contributed by atoms with E-state index in [0.29, 0.717) is 15.7 Å². The summed E-state index contributed by atoms with van der Waals surface area (Å²) < 4.78 is 5.21. The maximum atomic E-state index is 12.7. The van der Waals surface area contributed by atoms with Crippen molar-refractivity contribution in [2.45, 2.75) is 19.5 Å². The number of methoxy groups -OCH3 is 1. The number of ether oxygens (including phenoxy) is 1. The number of hydrogen-bond acceptors (Lipinski definition) is 2. The van der Waals surface area contributed by atoms with Gasteiger partial charge in [-0.3, -0.25) is 4.79 Å². The molecule has 1 heterocycles. The maximum absolute atomic E-state index is 12.7. The van der Waals surface area contributed by atoms with Crippen LogP contribution in [0.2, 0.25) is 10.0 Å². The second-order valence-electron chi connectivity index (χ2n) is 7.27. The first-order valence-corrected chi connectivity index (χ1v) is 10.3. The fraction of sp³-hybridized carbons (Fsp3) is 0.381. The van der Waals surface area contributed by atoms with Gasteiger partial charge in [-0.25, -0.2) is 0 Å². The number of carbonyl (C=O) groups excluding carboxylic acids is 1. The van der Waals surface area contributed by atoms with Gasteiger partial charge in [-0.15, -0.1) is 0 Å². The zero-order valence-electron chi connectivity index (χ0n) is 16.2. The molecule has 7 heteroatoms. The monoisotopic (exact) mass is 423 g/mol. The van der Waals surface area contributed by atoms with Gasteiger partial charge in [0.1, 0.15) is 38.5 Å². The van der Waals surface area contributed by atoms with Crippen molar-refractivity contribution in [3.8, 4) is 5.75 Å². The lowest BCUT2D eigenvalue weighted by atomic mass is 10.1. The van der Waals surface area contributed by atoms with Crippen LogP contribution in [-0.2, 0) is 11.3 Å². The molecule has 0 bridgehead atoms. The molecule has 0 aliphatic carbocycles. The summed E-state index contributed by atoms with van der Waals surface area (Å²) in [6.07, 6.45) is 0. The van der Waals surface area contributed by atoms with E-state index in [1.807, 2.05) is 19.1 Å². The van der Waals surface area contributed by atoms with Crippen molar-refractivity contribution in [3.63, 3.8) is 0 Å². The minimum Gasteiger partial charge on any atom is -0.497 e. The zero-order chi connectivity index (χ0) is 20.1. The third-order valence-corrected chi connectivity index (χ3v) is 5.97. The molecule has 3 N–H and O–H groups in total. The van der Waals surface area contributed by atoms with Crippen molar-refractivity contribution in [1.29, 1.82) is 0 Å². The van der Waals surface area contributed by atoms with Gasteiger partial charge in [0.2, 0.25) is 0 Å². The Morgan fingerprint density at radius 1 is 1.11 bits per heavy atom. The van der Waals surface area contributed by atoms with Crippen LogP contribution in [0.15, 0.2) is 42.5 Å². The number of quaternary nitrogens is 2. The van der Waals surface area contributed by atoms with E-state index in [1.54, 1.807) is 30.2 Å². The van der Waals surface area contributed by atoms with E-state index in [1.165, 1.54) is 10.5 Å². The van der Waals surface area contributed by atoms with Gasteiger partial charge in [0.05, 0.1) is 17.8 Å². The van der Waals surface area contributed by atoms with E-state index in [-0.39, 0.29) is 11.9 Å². The summed E-state index contributed by atoms with van der Waals surface area (Å²) in [5.74, 6) is 0.852. The second-order valence-corrected chi connectivity index (χ2v) is 8.11. The van der Waals surface area contributed by atoms with Crippen molar-refractivity contribution < 1.29 is 19.3 Å². The average Bonchev–Trinajstić information content (AvgIpc) is 2.71. The van der Waals surface area contributed by atoms with E-state index in [2.05, 4.69) is 17.4 Å². The van der Waals surface area contributed by atoms with E-state index >= 15 is 0 Å². The lowest BCUT2D eigenvalue weighted by Gasteiger charge is -2.32. The summed E-state index contributed by atoms with van der Waals surface area (Å²) in [6, 6.07) is 13.2. The normalized spacial score (nSPS) is 20.4. The van der Waals surface area contributed by atoms with Crippen molar-refractivity contribution in [2.75, 3.05) is 38.6 Å². The van der Waals surface area contributed by atoms with Crippen molar-refractivity contribution in [3.05, 3.63) is 58.1 Å². The smallest absolute Gasteiger partial charge is 0.282 e. The Labute approximate surface area is 176 Å². The Balaban J connectivity index is 1.50. The molecule has 5 nitrogen and oxygen atoms in total. The van der Waals surface area contributed by atoms with Crippen LogP contribution < -0.4 is 19.9 Å². The highest BCUT2D eigenvalue weighted by atomic mass is 35.5. The highest BCUT2D eigenvalue weighted by Gasteiger charge is 2.31. The number of nitrogens with one attached hydrogen (secondary N) is 3. The summed E-state index contributed by atoms with van der Waals surface area (Å²) in [6.45, 7) is 6.97. The molecule has 150 valence electrons. The number of benzene rings is 2. The molecule has 2 aromatic carbocycles. The van der Waals surface area contributed by atoms with Gasteiger partial charge >= 0.3 is 0 Å². The average molecular weight is 424 g/mol. The molecule has 1 aliphatic heterocycles. The van der Waals surface area contributed by atoms with Crippen LogP contribution in [0.5, 0.6) is 5.75 Å². The Hall–Kier alpha value is -1.79. The summed E-state index contributed by atoms with van der Waals surface area (Å²) >= 11 is 12.2. The zero-order valence-corrected chi connectivity index (χ0v) is 17.7. The lowest BCUT2D eigenvalue weighted by Crippen LogP contribution is -3.29. The van der Waals surface area contributed by atoms with Crippen LogP contribution in [-0.4, -0.2) is 45.2 Å². The molecule has 1 amide bonds. The largest absolute Gasteiger partial charge is 0.497 e. The molecule has 2 aromatic rings. The van der Waals surface area contributed by atoms with E-state index in [4.69, 9.17) is 27.9 Å². The highest BCUT2D eigenvalue weighted by molar-refractivity contribution is 6.35. The Morgan fingerprint density at radius 3 is 2.43 bits per heavy atom. The maximum Gasteiger partial charge on any atom is 0.282 e. The van der Waals surface area contributed by atoms with Gasteiger partial charge in [-0.1, -0.05) is 23.2 Å². The third kappa shape index (κ3) is 5.39. The van der Waals surface area contributed by atoms with Crippen LogP contribution in [0, 0.1) is 0 Å². The number of hydrogen-bond donors (Lipinski definition) is 3. The van der Waals surface area contributed by atoms with Crippen molar-refractivity contribution in [2.24, 2.45) is 0 Å². The van der Waals surface area contributed by atoms with Gasteiger partial charge in [-0.05, 0) is 49.4 Å². The van der Waals surface area contributed by atoms with Crippen molar-refractivity contribution in [1.82, 2.24) is 0 Å². The number of piperazine rings is 1. The lowest BCUT2D eigenvalue weighted by molar-refractivity contribution is -1.02. The number of carbonyl (C=O) groups is 1. The first kappa shape index (κ1) is 20.9. The summed E-state index contributed by atoms with van der Waals surface area (Å²) in [4.78, 5) is 15.5. The molecule has 0 spiro atoms. The van der Waals surface area contributed by atoms with Crippen LogP contribution in [0.25, 0.3) is 0 Å². The SMILES string of the molecule is COc1ccc(C[NH+]2CC[NH+]([C@H](C)C(=O)Nc3cc(Cl)ccc3Cl)CC2)cc1. The minimum absolute atomic E-state index is 0.0298. The van der Waals surface area contributed by atoms with Crippen molar-refractivity contribution >= 4 is 34.8 Å². The second kappa shape index (κ2) is 9.61. The van der Waals surface area contributed by atoms with E-state index in [9.17, 15) is 4.79 Å². The van der Waals surface area contributed by atoms with E-state index in [0.717, 1.165) is 38.5 Å². The number of rotatable bonds is 6. The summed E-state index contributed by atoms with van der Waals surface area (Å²) in [5.41, 5.74) is 1.87. The van der Waals surface area contributed by atoms with Crippen LogP contribution >= 0.6 is 23.2 Å². The highest BCUT2D eigenvalue weighted by Crippen LogP contribution is 2.25. The van der Waals surface area contributed by atoms with Crippen LogP contribution in [0.1, 0.15) is 12.5 Å². The molecular formula is C21H27Cl2N3O2+2. The van der Waals surface area contributed by atoms with E-state index < -0.39 is 0 Å². The first-order valence-electron chi connectivity index (χ1n) is 9.53. The molecule has 0 radical (unpaired) electrons. The fourth-order valence-corrected chi connectivity index (χ4v) is 3.92. The van der Waals surface area contributed by atoms with Gasteiger partial charge in [-0.2, -0.15) is 0 Å². The topological polar surface area (TPSA) is 47.2 Å². The molecule has 1 atom stereocenters. The molecule has 3 rings (SSSR count). The molecule has 0 unspecified atom stereocenters. The fourth-order valence-electron chi connectivity index (χ4n) is 3.59. The molecule has 1 fully saturated rings. The van der Waals surface area contributed by atoms with Gasteiger partial charge < -0.3 is 19.9 Å². The first-order chi connectivity index (χ1) is 13.5. The predicted octanol–water partition coefficient (Wildman–Crippen LogP) is 1.31. The molecule has 0 aromatic heterocycles. The summed E-state index contributed by atoms with van der Waals surface area (Å²) in [5, 5.41) is 3.96. The Morgan fingerprint density at radius 2 is 1.79 bits per heavy atom. The standard InChI is InChI=1S/C21H25Cl2N3O2/c1-15(21(27)24-20-13-17(22)5-8-19(20)23)26-11-9-25(10-12-26)14-16-3-6-18(28-2)7-4-16/h3-8,13,15H,9-12,14H2,1-2H3,(H,24,27)/p+2/t15-/m1/s1. The third-order valence-electron chi connectivity index (χ3n) is 5.40. The van der Waals surface area contributed by atoms with Gasteiger partial charge in [0.25, 0.3) is 5.91 Å². The quantitative estimate of drug-likeness (QED) is 0.655. The Bertz CT molecular complexity index is 806. The number of amides is 1. The predicted molar refractivity (Wildman–Crippen MR) is 113 cm³/mol. The molecular weight excluding hydrogens is 397 g/mol. The van der Waals surface area contributed by atoms with Crippen LogP contribution in [0.4, 0.5) is 5.69 Å². The Kier molecular flexibility index (Phi) is 7.18. The molecule has 1 saturated heterocycles. The van der Waals surface area contributed by atoms with Gasteiger partial charge in [0, 0.05) is 10.6 Å². The molecule has 1 aliphatic rings. The van der Waals surface area contributed by atoms with Crippen LogP contribution in [0.3, 0.4) is 0 Å².